The molecule has 0 fully saturated rings. The minimum Gasteiger partial charge on any atom is -0.497 e. The zero-order valence-corrected chi connectivity index (χ0v) is 17.4. The molecule has 2 aromatic carbocycles. The molecule has 1 amide bonds. The summed E-state index contributed by atoms with van der Waals surface area (Å²) in [6, 6.07) is 12.5. The van der Waals surface area contributed by atoms with Crippen LogP contribution in [0, 0.1) is 0 Å². The number of methoxy groups -OCH3 is 3. The number of aromatic nitrogens is 1. The van der Waals surface area contributed by atoms with Crippen LogP contribution in [0.3, 0.4) is 0 Å². The minimum absolute atomic E-state index is 0.292. The summed E-state index contributed by atoms with van der Waals surface area (Å²) in [6.45, 7) is 1.68. The molecule has 1 aromatic heterocycles. The van der Waals surface area contributed by atoms with E-state index in [-0.39, 0.29) is 5.91 Å². The van der Waals surface area contributed by atoms with Crippen molar-refractivity contribution in [1.29, 1.82) is 0 Å². The van der Waals surface area contributed by atoms with Crippen LogP contribution in [0.15, 0.2) is 47.8 Å². The third-order valence-corrected chi connectivity index (χ3v) is 4.92. The summed E-state index contributed by atoms with van der Waals surface area (Å²) in [5.41, 5.74) is 1.47. The molecule has 3 rings (SSSR count). The Kier molecular flexibility index (Phi) is 6.56. The number of carbonyl (C=O) groups is 1. The predicted molar refractivity (Wildman–Crippen MR) is 112 cm³/mol. The highest BCUT2D eigenvalue weighted by atomic mass is 32.1. The van der Waals surface area contributed by atoms with Gasteiger partial charge < -0.3 is 18.9 Å². The lowest BCUT2D eigenvalue weighted by Crippen LogP contribution is -2.30. The van der Waals surface area contributed by atoms with Crippen molar-refractivity contribution in [2.75, 3.05) is 26.6 Å². The number of benzene rings is 2. The number of anilines is 1. The molecule has 1 atom stereocenters. The quantitative estimate of drug-likeness (QED) is 0.594. The molecular formula is C21H22N2O5S. The van der Waals surface area contributed by atoms with E-state index in [1.165, 1.54) is 11.3 Å². The van der Waals surface area contributed by atoms with Crippen molar-refractivity contribution in [3.8, 4) is 34.3 Å². The number of thiazole rings is 1. The lowest BCUT2D eigenvalue weighted by atomic mass is 10.1. The van der Waals surface area contributed by atoms with Crippen molar-refractivity contribution in [1.82, 2.24) is 4.98 Å². The van der Waals surface area contributed by atoms with Gasteiger partial charge in [0, 0.05) is 10.9 Å². The molecule has 1 heterocycles. The van der Waals surface area contributed by atoms with Gasteiger partial charge in [-0.05, 0) is 49.4 Å². The van der Waals surface area contributed by atoms with Crippen LogP contribution in [-0.2, 0) is 4.79 Å². The van der Waals surface area contributed by atoms with E-state index in [4.69, 9.17) is 18.9 Å². The average molecular weight is 414 g/mol. The Morgan fingerprint density at radius 2 is 1.62 bits per heavy atom. The lowest BCUT2D eigenvalue weighted by molar-refractivity contribution is -0.122. The molecule has 0 radical (unpaired) electrons. The van der Waals surface area contributed by atoms with Gasteiger partial charge in [0.05, 0.1) is 27.0 Å². The van der Waals surface area contributed by atoms with Gasteiger partial charge in [-0.2, -0.15) is 0 Å². The Balaban J connectivity index is 1.68. The Morgan fingerprint density at radius 3 is 2.28 bits per heavy atom. The van der Waals surface area contributed by atoms with Gasteiger partial charge in [-0.15, -0.1) is 11.3 Å². The molecule has 1 N–H and O–H groups in total. The van der Waals surface area contributed by atoms with Crippen LogP contribution in [0.2, 0.25) is 0 Å². The fourth-order valence-electron chi connectivity index (χ4n) is 2.59. The molecule has 0 aliphatic carbocycles. The van der Waals surface area contributed by atoms with E-state index >= 15 is 0 Å². The number of hydrogen-bond donors (Lipinski definition) is 1. The van der Waals surface area contributed by atoms with Crippen LogP contribution in [0.1, 0.15) is 6.92 Å². The first-order valence-electron chi connectivity index (χ1n) is 8.83. The highest BCUT2D eigenvalue weighted by molar-refractivity contribution is 7.14. The van der Waals surface area contributed by atoms with Crippen molar-refractivity contribution in [2.24, 2.45) is 0 Å². The van der Waals surface area contributed by atoms with Gasteiger partial charge in [-0.1, -0.05) is 0 Å². The van der Waals surface area contributed by atoms with Crippen LogP contribution >= 0.6 is 11.3 Å². The molecule has 0 bridgehead atoms. The summed E-state index contributed by atoms with van der Waals surface area (Å²) < 4.78 is 21.5. The van der Waals surface area contributed by atoms with E-state index < -0.39 is 6.10 Å². The van der Waals surface area contributed by atoms with Crippen LogP contribution in [-0.4, -0.2) is 38.3 Å². The van der Waals surface area contributed by atoms with Crippen molar-refractivity contribution < 1.29 is 23.7 Å². The second kappa shape index (κ2) is 9.29. The van der Waals surface area contributed by atoms with E-state index in [1.54, 1.807) is 52.5 Å². The number of hydrogen-bond acceptors (Lipinski definition) is 7. The van der Waals surface area contributed by atoms with E-state index in [1.807, 2.05) is 23.6 Å². The molecule has 152 valence electrons. The SMILES string of the molecule is COc1ccc(OC(C)C(=O)Nc2nc(-c3cc(OC)ccc3OC)cs2)cc1. The molecule has 7 nitrogen and oxygen atoms in total. The molecule has 1 unspecified atom stereocenters. The van der Waals surface area contributed by atoms with Gasteiger partial charge in [0.1, 0.15) is 23.0 Å². The monoisotopic (exact) mass is 414 g/mol. The average Bonchev–Trinajstić information content (AvgIpc) is 3.22. The highest BCUT2D eigenvalue weighted by Crippen LogP contribution is 2.35. The summed E-state index contributed by atoms with van der Waals surface area (Å²) in [6.07, 6.45) is -0.692. The molecular weight excluding hydrogens is 392 g/mol. The molecule has 0 saturated heterocycles. The Labute approximate surface area is 173 Å². The van der Waals surface area contributed by atoms with Gasteiger partial charge in [-0.3, -0.25) is 10.1 Å². The zero-order chi connectivity index (χ0) is 20.8. The van der Waals surface area contributed by atoms with Crippen LogP contribution in [0.25, 0.3) is 11.3 Å². The highest BCUT2D eigenvalue weighted by Gasteiger charge is 2.18. The molecule has 0 aliphatic rings. The maximum absolute atomic E-state index is 12.5. The zero-order valence-electron chi connectivity index (χ0n) is 16.6. The molecule has 3 aromatic rings. The minimum atomic E-state index is -0.692. The molecule has 0 aliphatic heterocycles. The molecule has 0 spiro atoms. The van der Waals surface area contributed by atoms with E-state index in [0.717, 1.165) is 11.3 Å². The Bertz CT molecular complexity index is 971. The number of carbonyl (C=O) groups excluding carboxylic acids is 1. The van der Waals surface area contributed by atoms with Gasteiger partial charge in [0.2, 0.25) is 0 Å². The second-order valence-corrected chi connectivity index (χ2v) is 6.89. The topological polar surface area (TPSA) is 78.9 Å². The molecule has 29 heavy (non-hydrogen) atoms. The normalized spacial score (nSPS) is 11.4. The van der Waals surface area contributed by atoms with Crippen molar-refractivity contribution in [3.05, 3.63) is 47.8 Å². The number of rotatable bonds is 8. The van der Waals surface area contributed by atoms with E-state index in [9.17, 15) is 4.79 Å². The van der Waals surface area contributed by atoms with Gasteiger partial charge >= 0.3 is 0 Å². The number of nitrogens with zero attached hydrogens (tertiary/aromatic N) is 1. The number of amides is 1. The van der Waals surface area contributed by atoms with Crippen molar-refractivity contribution in [3.63, 3.8) is 0 Å². The lowest BCUT2D eigenvalue weighted by Gasteiger charge is -2.14. The van der Waals surface area contributed by atoms with Crippen molar-refractivity contribution in [2.45, 2.75) is 13.0 Å². The standard InChI is InChI=1S/C21H22N2O5S/c1-13(28-15-7-5-14(25-2)6-8-15)20(24)23-21-22-18(12-29-21)17-11-16(26-3)9-10-19(17)27-4/h5-13H,1-4H3,(H,22,23,24). The first-order valence-corrected chi connectivity index (χ1v) is 9.71. The van der Waals surface area contributed by atoms with Crippen LogP contribution < -0.4 is 24.3 Å². The fourth-order valence-corrected chi connectivity index (χ4v) is 3.30. The number of ether oxygens (including phenoxy) is 4. The fraction of sp³-hybridized carbons (Fsp3) is 0.238. The molecule has 0 saturated carbocycles. The van der Waals surface area contributed by atoms with E-state index in [0.29, 0.717) is 28.1 Å². The van der Waals surface area contributed by atoms with Crippen molar-refractivity contribution >= 4 is 22.4 Å². The smallest absolute Gasteiger partial charge is 0.266 e. The summed E-state index contributed by atoms with van der Waals surface area (Å²) in [5.74, 6) is 2.37. The maximum Gasteiger partial charge on any atom is 0.266 e. The first kappa shape index (κ1) is 20.5. The largest absolute Gasteiger partial charge is 0.497 e. The Morgan fingerprint density at radius 1 is 0.966 bits per heavy atom. The number of nitrogens with one attached hydrogen (secondary N) is 1. The third kappa shape index (κ3) is 4.97. The predicted octanol–water partition coefficient (Wildman–Crippen LogP) is 4.24. The maximum atomic E-state index is 12.5. The van der Waals surface area contributed by atoms with Gasteiger partial charge in [0.25, 0.3) is 5.91 Å². The molecule has 8 heteroatoms. The summed E-state index contributed by atoms with van der Waals surface area (Å²) in [7, 11) is 4.79. The summed E-state index contributed by atoms with van der Waals surface area (Å²) in [4.78, 5) is 17.0. The van der Waals surface area contributed by atoms with Gasteiger partial charge in [0.15, 0.2) is 11.2 Å². The second-order valence-electron chi connectivity index (χ2n) is 6.03. The Hall–Kier alpha value is -3.26. The first-order chi connectivity index (χ1) is 14.0. The third-order valence-electron chi connectivity index (χ3n) is 4.16. The van der Waals surface area contributed by atoms with Gasteiger partial charge in [-0.25, -0.2) is 4.98 Å². The summed E-state index contributed by atoms with van der Waals surface area (Å²) >= 11 is 1.32. The van der Waals surface area contributed by atoms with E-state index in [2.05, 4.69) is 10.3 Å². The summed E-state index contributed by atoms with van der Waals surface area (Å²) in [5, 5.41) is 5.11. The van der Waals surface area contributed by atoms with Crippen LogP contribution in [0.4, 0.5) is 5.13 Å². The van der Waals surface area contributed by atoms with Crippen LogP contribution in [0.5, 0.6) is 23.0 Å².